The van der Waals surface area contributed by atoms with Crippen molar-refractivity contribution in [2.24, 2.45) is 0 Å². The van der Waals surface area contributed by atoms with Crippen molar-refractivity contribution >= 4 is 13.8 Å². The number of phosphoric ester groups is 1. The minimum absolute atomic E-state index is 0.0409. The number of nitrogens with zero attached hydrogens (tertiary/aromatic N) is 1. The molecule has 0 aliphatic heterocycles. The third kappa shape index (κ3) is 40.1. The third-order valence-corrected chi connectivity index (χ3v) is 9.77. The Balaban J connectivity index is 4.54. The number of aliphatic hydroxyl groups excluding tert-OH is 2. The Morgan fingerprint density at radius 2 is 1.24 bits per heavy atom. The molecule has 0 saturated carbocycles. The van der Waals surface area contributed by atoms with Gasteiger partial charge in [-0.3, -0.25) is 13.8 Å². The monoisotopic (exact) mass is 799 g/mol. The second kappa shape index (κ2) is 36.5. The number of ether oxygens (including phenoxy) is 2. The predicted octanol–water partition coefficient (Wildman–Crippen LogP) is 10.1. The highest BCUT2D eigenvalue weighted by molar-refractivity contribution is 7.47. The molecule has 320 valence electrons. The van der Waals surface area contributed by atoms with Gasteiger partial charge in [0.05, 0.1) is 46.6 Å². The number of likely N-dealkylation sites (N-methyl/N-ethyl adjacent to an activating group) is 1. The zero-order chi connectivity index (χ0) is 40.9. The first-order chi connectivity index (χ1) is 26.4. The maximum Gasteiger partial charge on any atom is 0.472 e. The molecule has 4 unspecified atom stereocenters. The first-order valence-corrected chi connectivity index (χ1v) is 22.7. The van der Waals surface area contributed by atoms with Crippen LogP contribution in [0.4, 0.5) is 0 Å². The Labute approximate surface area is 336 Å². The van der Waals surface area contributed by atoms with Crippen molar-refractivity contribution in [3.05, 3.63) is 60.8 Å². The van der Waals surface area contributed by atoms with Crippen LogP contribution in [0.15, 0.2) is 60.8 Å². The molecule has 0 fully saturated rings. The van der Waals surface area contributed by atoms with E-state index in [2.05, 4.69) is 26.0 Å². The van der Waals surface area contributed by atoms with Gasteiger partial charge in [-0.2, -0.15) is 0 Å². The van der Waals surface area contributed by atoms with Crippen LogP contribution in [0.2, 0.25) is 0 Å². The number of hydrogen-bond acceptors (Lipinski definition) is 8. The lowest BCUT2D eigenvalue weighted by Crippen LogP contribution is -2.37. The fourth-order valence-electron chi connectivity index (χ4n) is 5.44. The van der Waals surface area contributed by atoms with E-state index < -0.39 is 32.1 Å². The molecular formula is C44H81NO9P+. The maximum absolute atomic E-state index is 12.7. The van der Waals surface area contributed by atoms with E-state index in [-0.39, 0.29) is 26.2 Å². The summed E-state index contributed by atoms with van der Waals surface area (Å²) in [5.74, 6) is -0.501. The van der Waals surface area contributed by atoms with Gasteiger partial charge in [-0.05, 0) is 38.5 Å². The number of phosphoric acid groups is 1. The summed E-state index contributed by atoms with van der Waals surface area (Å²) in [4.78, 5) is 22.9. The molecule has 0 bridgehead atoms. The van der Waals surface area contributed by atoms with Crippen molar-refractivity contribution in [1.29, 1.82) is 0 Å². The highest BCUT2D eigenvalue weighted by atomic mass is 31.2. The van der Waals surface area contributed by atoms with E-state index in [0.29, 0.717) is 36.9 Å². The second-order valence-corrected chi connectivity index (χ2v) is 16.9. The maximum atomic E-state index is 12.7. The highest BCUT2D eigenvalue weighted by Gasteiger charge is 2.26. The van der Waals surface area contributed by atoms with Gasteiger partial charge >= 0.3 is 13.8 Å². The third-order valence-electron chi connectivity index (χ3n) is 8.78. The minimum atomic E-state index is -4.34. The lowest BCUT2D eigenvalue weighted by molar-refractivity contribution is -0.870. The Bertz CT molecular complexity index is 1100. The summed E-state index contributed by atoms with van der Waals surface area (Å²) in [6.45, 7) is 5.12. The van der Waals surface area contributed by atoms with Crippen LogP contribution in [-0.4, -0.2) is 98.0 Å². The number of rotatable bonds is 38. The molecule has 0 aliphatic carbocycles. The van der Waals surface area contributed by atoms with Gasteiger partial charge in [0.2, 0.25) is 0 Å². The van der Waals surface area contributed by atoms with E-state index in [9.17, 15) is 24.5 Å². The number of carbonyl (C=O) groups excluding carboxylic acids is 1. The Morgan fingerprint density at radius 1 is 0.673 bits per heavy atom. The molecule has 0 saturated heterocycles. The second-order valence-electron chi connectivity index (χ2n) is 15.4. The van der Waals surface area contributed by atoms with E-state index in [1.807, 2.05) is 33.3 Å². The molecule has 0 heterocycles. The predicted molar refractivity (Wildman–Crippen MR) is 227 cm³/mol. The van der Waals surface area contributed by atoms with Crippen molar-refractivity contribution in [2.45, 2.75) is 161 Å². The molecule has 11 heteroatoms. The van der Waals surface area contributed by atoms with Crippen molar-refractivity contribution in [3.63, 3.8) is 0 Å². The number of carbonyl (C=O) groups is 1. The van der Waals surface area contributed by atoms with Crippen LogP contribution in [0.5, 0.6) is 0 Å². The summed E-state index contributed by atoms with van der Waals surface area (Å²) in [5, 5.41) is 20.3. The molecule has 0 spiro atoms. The van der Waals surface area contributed by atoms with Gasteiger partial charge in [0, 0.05) is 13.0 Å². The van der Waals surface area contributed by atoms with E-state index in [1.165, 1.54) is 70.6 Å². The van der Waals surface area contributed by atoms with E-state index >= 15 is 0 Å². The van der Waals surface area contributed by atoms with Gasteiger partial charge in [-0.25, -0.2) is 4.57 Å². The molecular weight excluding hydrogens is 717 g/mol. The summed E-state index contributed by atoms with van der Waals surface area (Å²) < 4.78 is 34.7. The molecule has 55 heavy (non-hydrogen) atoms. The van der Waals surface area contributed by atoms with Crippen molar-refractivity contribution in [1.82, 2.24) is 0 Å². The SMILES string of the molecule is CC/C=C\C/C=C\CC(O)/C=C/C=C\C=C\C(O)CCCC(=O)OC(COCCCCCCCCCCCCCCCC)COP(=O)(O)OCC[N+](C)(C)C. The number of allylic oxidation sites excluding steroid dienone is 7. The molecule has 0 rings (SSSR count). The van der Waals surface area contributed by atoms with Crippen LogP contribution in [-0.2, 0) is 27.9 Å². The smallest absolute Gasteiger partial charge is 0.457 e. The zero-order valence-corrected chi connectivity index (χ0v) is 36.3. The van der Waals surface area contributed by atoms with E-state index in [0.717, 1.165) is 32.1 Å². The Morgan fingerprint density at radius 3 is 1.82 bits per heavy atom. The van der Waals surface area contributed by atoms with Gasteiger partial charge < -0.3 is 29.1 Å². The topological polar surface area (TPSA) is 132 Å². The fourth-order valence-corrected chi connectivity index (χ4v) is 6.18. The highest BCUT2D eigenvalue weighted by Crippen LogP contribution is 2.43. The molecule has 0 radical (unpaired) electrons. The van der Waals surface area contributed by atoms with Gasteiger partial charge in [0.1, 0.15) is 19.3 Å². The average molecular weight is 799 g/mol. The van der Waals surface area contributed by atoms with Crippen LogP contribution >= 0.6 is 7.82 Å². The summed E-state index contributed by atoms with van der Waals surface area (Å²) >= 11 is 0. The lowest BCUT2D eigenvalue weighted by atomic mass is 10.0. The number of unbranched alkanes of at least 4 members (excludes halogenated alkanes) is 13. The minimum Gasteiger partial charge on any atom is -0.457 e. The van der Waals surface area contributed by atoms with Crippen molar-refractivity contribution in [2.75, 3.05) is 54.1 Å². The Kier molecular flexibility index (Phi) is 35.2. The number of quaternary nitrogens is 1. The first-order valence-electron chi connectivity index (χ1n) is 21.3. The molecule has 0 aromatic rings. The van der Waals surface area contributed by atoms with Crippen LogP contribution in [0.1, 0.15) is 142 Å². The number of aliphatic hydroxyl groups is 2. The van der Waals surface area contributed by atoms with Crippen molar-refractivity contribution in [3.8, 4) is 0 Å². The summed E-state index contributed by atoms with van der Waals surface area (Å²) in [5.41, 5.74) is 0. The van der Waals surface area contributed by atoms with Crippen LogP contribution in [0.25, 0.3) is 0 Å². The number of esters is 1. The standard InChI is InChI=1S/C44H80NO9P/c1-6-8-10-12-14-15-16-17-18-19-20-21-25-29-37-51-39-43(40-53-55(49,50)52-38-36-45(3,4)5)54-44(48)35-30-34-42(47)33-28-24-23-27-32-41(46)31-26-22-13-11-9-7-2/h9,11,22-24,26-28,32-33,41-43,46-47H,6-8,10,12-21,25,29-31,34-40H2,1-5H3/p+1/b11-9-,24-23-,26-22-,32-27+,33-28+. The molecule has 0 aromatic carbocycles. The lowest BCUT2D eigenvalue weighted by Gasteiger charge is -2.24. The fraction of sp³-hybridized carbons (Fsp3) is 0.750. The molecule has 0 amide bonds. The van der Waals surface area contributed by atoms with E-state index in [1.54, 1.807) is 36.5 Å². The zero-order valence-electron chi connectivity index (χ0n) is 35.4. The molecule has 0 aromatic heterocycles. The van der Waals surface area contributed by atoms with Gasteiger partial charge in [-0.1, -0.05) is 158 Å². The van der Waals surface area contributed by atoms with Gasteiger partial charge in [-0.15, -0.1) is 0 Å². The van der Waals surface area contributed by atoms with Gasteiger partial charge in [0.25, 0.3) is 0 Å². The van der Waals surface area contributed by atoms with Crippen molar-refractivity contribution < 1.29 is 47.5 Å². The quantitative estimate of drug-likeness (QED) is 0.0139. The summed E-state index contributed by atoms with van der Waals surface area (Å²) in [6, 6.07) is 0. The summed E-state index contributed by atoms with van der Waals surface area (Å²) in [7, 11) is 1.50. The Hall–Kier alpha value is -1.88. The number of hydrogen-bond donors (Lipinski definition) is 3. The summed E-state index contributed by atoms with van der Waals surface area (Å²) in [6.07, 6.45) is 37.4. The molecule has 0 aliphatic rings. The van der Waals surface area contributed by atoms with Crippen LogP contribution in [0, 0.1) is 0 Å². The largest absolute Gasteiger partial charge is 0.472 e. The van der Waals surface area contributed by atoms with E-state index in [4.69, 9.17) is 18.5 Å². The molecule has 4 atom stereocenters. The van der Waals surface area contributed by atoms with Gasteiger partial charge in [0.15, 0.2) is 0 Å². The average Bonchev–Trinajstić information content (AvgIpc) is 3.12. The normalized spacial score (nSPS) is 15.6. The van der Waals surface area contributed by atoms with Crippen LogP contribution in [0.3, 0.4) is 0 Å². The first kappa shape index (κ1) is 53.1. The molecule has 3 N–H and O–H groups in total. The molecule has 10 nitrogen and oxygen atoms in total. The van der Waals surface area contributed by atoms with Crippen LogP contribution < -0.4 is 0 Å².